The summed E-state index contributed by atoms with van der Waals surface area (Å²) in [7, 11) is -4.95. The van der Waals surface area contributed by atoms with Gasteiger partial charge in [-0.3, -0.25) is 4.79 Å². The second-order valence-electron chi connectivity index (χ2n) is 0.946. The predicted molar refractivity (Wildman–Crippen MR) is 22.1 cm³/mol. The van der Waals surface area contributed by atoms with E-state index in [-0.39, 0.29) is 0 Å². The Hall–Kier alpha value is -0.720. The van der Waals surface area contributed by atoms with Gasteiger partial charge in [-0.15, -0.1) is 0 Å². The van der Waals surface area contributed by atoms with Crippen LogP contribution in [0.15, 0.2) is 0 Å². The number of alkyl halides is 2. The first-order valence-corrected chi connectivity index (χ1v) is 3.11. The smallest absolute Gasteiger partial charge is 0.345 e. The van der Waals surface area contributed by atoms with Crippen LogP contribution in [0.4, 0.5) is 8.78 Å². The molecule has 0 rings (SSSR count). The molecule has 0 N–H and O–H groups in total. The molecule has 54 valence electrons. The average molecular weight is 160 g/mol. The minimum absolute atomic E-state index is 0.568. The highest BCUT2D eigenvalue weighted by Gasteiger charge is 2.24. The minimum Gasteiger partial charge on any atom is -0.345 e. The van der Waals surface area contributed by atoms with Gasteiger partial charge in [0.05, 0.1) is 0 Å². The van der Waals surface area contributed by atoms with Crippen LogP contribution in [0, 0.1) is 0 Å². The van der Waals surface area contributed by atoms with Gasteiger partial charge in [0.25, 0.3) is 0 Å². The van der Waals surface area contributed by atoms with Crippen molar-refractivity contribution in [3.63, 3.8) is 0 Å². The van der Waals surface area contributed by atoms with Crippen molar-refractivity contribution in [2.45, 2.75) is 5.76 Å². The molecular weight excluding hydrogens is 158 g/mol. The Balaban J connectivity index is 4.22. The van der Waals surface area contributed by atoms with Gasteiger partial charge in [-0.05, 0) is 0 Å². The van der Waals surface area contributed by atoms with Crippen molar-refractivity contribution in [1.29, 1.82) is 0 Å². The summed E-state index contributed by atoms with van der Waals surface area (Å²) in [5.74, 6) is -3.66. The van der Waals surface area contributed by atoms with Crippen LogP contribution >= 0.6 is 0 Å². The van der Waals surface area contributed by atoms with E-state index in [0.717, 1.165) is 0 Å². The Morgan fingerprint density at radius 2 is 1.89 bits per heavy atom. The largest absolute Gasteiger partial charge is 0.375 e. The monoisotopic (exact) mass is 160 g/mol. The molecule has 9 heavy (non-hydrogen) atoms. The summed E-state index contributed by atoms with van der Waals surface area (Å²) in [5.41, 5.74) is 0. The fourth-order valence-corrected chi connectivity index (χ4v) is 0.290. The average Bonchev–Trinajstić information content (AvgIpc) is 1.65. The Bertz CT molecular complexity index is 183. The quantitative estimate of drug-likeness (QED) is 0.420. The van der Waals surface area contributed by atoms with Gasteiger partial charge in [0.1, 0.15) is 0 Å². The lowest BCUT2D eigenvalue weighted by molar-refractivity contribution is -0.120. The number of carbonyl (C=O) groups is 1. The Morgan fingerprint density at radius 1 is 1.44 bits per heavy atom. The molecule has 0 aromatic rings. The minimum atomic E-state index is -4.95. The van der Waals surface area contributed by atoms with E-state index in [1.54, 1.807) is 0 Å². The normalized spacial score (nSPS) is 11.4. The van der Waals surface area contributed by atoms with E-state index in [9.17, 15) is 22.0 Å². The van der Waals surface area contributed by atoms with Crippen molar-refractivity contribution in [2.24, 2.45) is 0 Å². The van der Waals surface area contributed by atoms with Crippen LogP contribution in [0.3, 0.4) is 0 Å². The van der Waals surface area contributed by atoms with Crippen LogP contribution in [0.25, 0.3) is 0 Å². The molecular formula is C2H2F2O4S. The molecule has 0 aliphatic carbocycles. The third-order valence-electron chi connectivity index (χ3n) is 0.392. The Kier molecular flexibility index (Phi) is 2.50. The zero-order chi connectivity index (χ0) is 7.49. The van der Waals surface area contributed by atoms with Gasteiger partial charge in [0.15, 0.2) is 0 Å². The molecule has 0 aromatic carbocycles. The molecule has 0 heterocycles. The zero-order valence-electron chi connectivity index (χ0n) is 3.95. The summed E-state index contributed by atoms with van der Waals surface area (Å²) < 4.78 is 44.7. The van der Waals surface area contributed by atoms with E-state index in [0.29, 0.717) is 0 Å². The van der Waals surface area contributed by atoms with E-state index >= 15 is 0 Å². The summed E-state index contributed by atoms with van der Waals surface area (Å²) in [5, 5.41) is 0. The first kappa shape index (κ1) is 8.28. The van der Waals surface area contributed by atoms with Gasteiger partial charge in [-0.2, -0.15) is 17.2 Å². The molecule has 0 aliphatic heterocycles. The Labute approximate surface area is 49.5 Å². The molecule has 0 saturated carbocycles. The van der Waals surface area contributed by atoms with Gasteiger partial charge < -0.3 is 4.18 Å². The van der Waals surface area contributed by atoms with Gasteiger partial charge in [0.2, 0.25) is 0 Å². The lowest BCUT2D eigenvalue weighted by atomic mass is 11.7. The van der Waals surface area contributed by atoms with Crippen LogP contribution in [0.1, 0.15) is 0 Å². The topological polar surface area (TPSA) is 60.4 Å². The third-order valence-corrected chi connectivity index (χ3v) is 1.17. The lowest BCUT2D eigenvalue weighted by Gasteiger charge is -1.95. The first-order valence-electron chi connectivity index (χ1n) is 1.64. The molecule has 0 atom stereocenters. The SMILES string of the molecule is O=COS(=O)(=O)C(F)F. The molecule has 7 heteroatoms. The maximum absolute atomic E-state index is 11.1. The lowest BCUT2D eigenvalue weighted by Crippen LogP contribution is -2.13. The number of hydrogen-bond acceptors (Lipinski definition) is 4. The molecule has 0 aliphatic rings. The highest BCUT2D eigenvalue weighted by Crippen LogP contribution is 2.04. The van der Waals surface area contributed by atoms with Crippen molar-refractivity contribution >= 4 is 16.6 Å². The summed E-state index contributed by atoms with van der Waals surface area (Å²) >= 11 is 0. The van der Waals surface area contributed by atoms with Gasteiger partial charge in [-0.25, -0.2) is 0 Å². The van der Waals surface area contributed by atoms with Crippen LogP contribution < -0.4 is 0 Å². The molecule has 0 bridgehead atoms. The van der Waals surface area contributed by atoms with E-state index in [1.165, 1.54) is 0 Å². The fraction of sp³-hybridized carbons (Fsp3) is 0.500. The molecule has 0 spiro atoms. The van der Waals surface area contributed by atoms with Crippen LogP contribution in [0.5, 0.6) is 0 Å². The van der Waals surface area contributed by atoms with E-state index < -0.39 is 22.3 Å². The van der Waals surface area contributed by atoms with Gasteiger partial charge in [-0.1, -0.05) is 0 Å². The first-order chi connectivity index (χ1) is 4.00. The van der Waals surface area contributed by atoms with Crippen molar-refractivity contribution in [1.82, 2.24) is 0 Å². The number of halogens is 2. The second kappa shape index (κ2) is 2.72. The zero-order valence-corrected chi connectivity index (χ0v) is 4.77. The molecule has 0 amide bonds. The van der Waals surface area contributed by atoms with Crippen LogP contribution in [-0.2, 0) is 19.1 Å². The molecule has 0 radical (unpaired) electrons. The van der Waals surface area contributed by atoms with E-state index in [2.05, 4.69) is 4.18 Å². The molecule has 0 fully saturated rings. The van der Waals surface area contributed by atoms with Crippen molar-refractivity contribution < 1.29 is 26.2 Å². The molecule has 0 unspecified atom stereocenters. The molecule has 0 aromatic heterocycles. The van der Waals surface area contributed by atoms with Crippen molar-refractivity contribution in [3.8, 4) is 0 Å². The molecule has 0 saturated heterocycles. The summed E-state index contributed by atoms with van der Waals surface area (Å²) in [6.07, 6.45) is 0. The highest BCUT2D eigenvalue weighted by atomic mass is 32.2. The third kappa shape index (κ3) is 2.36. The fourth-order valence-electron chi connectivity index (χ4n) is 0.0968. The maximum atomic E-state index is 11.1. The summed E-state index contributed by atoms with van der Waals surface area (Å²) in [6, 6.07) is 0. The standard InChI is InChI=1S/C2H2F2O4S/c3-2(4)9(6,7)8-1-5/h1-2H. The van der Waals surface area contributed by atoms with Gasteiger partial charge >= 0.3 is 22.3 Å². The molecule has 4 nitrogen and oxygen atoms in total. The van der Waals surface area contributed by atoms with Crippen LogP contribution in [-0.4, -0.2) is 20.6 Å². The van der Waals surface area contributed by atoms with Crippen molar-refractivity contribution in [3.05, 3.63) is 0 Å². The summed E-state index contributed by atoms with van der Waals surface area (Å²) in [4.78, 5) is 9.19. The maximum Gasteiger partial charge on any atom is 0.375 e. The Morgan fingerprint density at radius 3 is 2.00 bits per heavy atom. The number of rotatable bonds is 3. The predicted octanol–water partition coefficient (Wildman–Crippen LogP) is -0.288. The number of hydrogen-bond donors (Lipinski definition) is 0. The van der Waals surface area contributed by atoms with Gasteiger partial charge in [0, 0.05) is 0 Å². The highest BCUT2D eigenvalue weighted by molar-refractivity contribution is 7.87. The second-order valence-corrected chi connectivity index (χ2v) is 2.48. The van der Waals surface area contributed by atoms with Crippen LogP contribution in [0.2, 0.25) is 0 Å². The van der Waals surface area contributed by atoms with Crippen molar-refractivity contribution in [2.75, 3.05) is 0 Å². The number of carbonyl (C=O) groups excluding carboxylic acids is 1. The summed E-state index contributed by atoms with van der Waals surface area (Å²) in [6.45, 7) is -0.568. The van der Waals surface area contributed by atoms with E-state index in [1.807, 2.05) is 0 Å². The van der Waals surface area contributed by atoms with E-state index in [4.69, 9.17) is 0 Å².